The summed E-state index contributed by atoms with van der Waals surface area (Å²) in [5, 5.41) is 22.2. The normalized spacial score (nSPS) is 13.5. The Labute approximate surface area is 168 Å². The van der Waals surface area contributed by atoms with Crippen LogP contribution in [0.2, 0.25) is 0 Å². The number of unbranched alkanes of at least 4 members (excludes halogenated alkanes) is 13. The fraction of sp³-hybridized carbons (Fsp3) is 0.957. The number of hydrogen-bond acceptors (Lipinski definition) is 3. The lowest BCUT2D eigenvalue weighted by atomic mass is 10.0. The van der Waals surface area contributed by atoms with E-state index in [0.717, 1.165) is 19.3 Å². The SMILES string of the molecule is CCCCCCCCCCCCCCCCC(O)C(CO)NC(=O)CCC. The number of aliphatic hydroxyl groups is 2. The number of carbonyl (C=O) groups is 1. The second-order valence-electron chi connectivity index (χ2n) is 8.06. The summed E-state index contributed by atoms with van der Waals surface area (Å²) in [6, 6.07) is -0.522. The lowest BCUT2D eigenvalue weighted by molar-refractivity contribution is -0.123. The van der Waals surface area contributed by atoms with Crippen LogP contribution in [0.4, 0.5) is 0 Å². The van der Waals surface area contributed by atoms with Crippen LogP contribution in [-0.2, 0) is 4.79 Å². The van der Waals surface area contributed by atoms with Gasteiger partial charge in [-0.05, 0) is 12.8 Å². The van der Waals surface area contributed by atoms with E-state index < -0.39 is 12.1 Å². The summed E-state index contributed by atoms with van der Waals surface area (Å²) in [6.45, 7) is 4.01. The van der Waals surface area contributed by atoms with Gasteiger partial charge in [-0.15, -0.1) is 0 Å². The van der Waals surface area contributed by atoms with Gasteiger partial charge in [0.05, 0.1) is 18.8 Å². The van der Waals surface area contributed by atoms with E-state index in [-0.39, 0.29) is 12.5 Å². The second-order valence-corrected chi connectivity index (χ2v) is 8.06. The van der Waals surface area contributed by atoms with Crippen molar-refractivity contribution < 1.29 is 15.0 Å². The topological polar surface area (TPSA) is 69.6 Å². The van der Waals surface area contributed by atoms with Crippen LogP contribution in [0.15, 0.2) is 0 Å². The molecule has 2 atom stereocenters. The maximum atomic E-state index is 11.6. The first-order chi connectivity index (χ1) is 13.2. The highest BCUT2D eigenvalue weighted by atomic mass is 16.3. The molecule has 0 radical (unpaired) electrons. The van der Waals surface area contributed by atoms with Crippen molar-refractivity contribution in [2.24, 2.45) is 0 Å². The van der Waals surface area contributed by atoms with Gasteiger partial charge in [0.25, 0.3) is 0 Å². The number of carbonyl (C=O) groups excluding carboxylic acids is 1. The Morgan fingerprint density at radius 1 is 0.741 bits per heavy atom. The molecule has 0 bridgehead atoms. The molecule has 0 fully saturated rings. The molecule has 1 amide bonds. The zero-order valence-electron chi connectivity index (χ0n) is 18.2. The first kappa shape index (κ1) is 26.4. The molecule has 0 aromatic carbocycles. The van der Waals surface area contributed by atoms with E-state index in [1.807, 2.05) is 6.92 Å². The van der Waals surface area contributed by atoms with E-state index in [1.54, 1.807) is 0 Å². The fourth-order valence-corrected chi connectivity index (χ4v) is 3.52. The number of hydrogen-bond donors (Lipinski definition) is 3. The molecule has 0 aromatic rings. The summed E-state index contributed by atoms with van der Waals surface area (Å²) >= 11 is 0. The first-order valence-corrected chi connectivity index (χ1v) is 11.7. The summed E-state index contributed by atoms with van der Waals surface area (Å²) in [5.74, 6) is -0.0865. The third kappa shape index (κ3) is 17.2. The van der Waals surface area contributed by atoms with Gasteiger partial charge in [-0.3, -0.25) is 4.79 Å². The van der Waals surface area contributed by atoms with Crippen LogP contribution in [-0.4, -0.2) is 34.9 Å². The van der Waals surface area contributed by atoms with Gasteiger partial charge in [0.1, 0.15) is 0 Å². The highest BCUT2D eigenvalue weighted by Gasteiger charge is 2.19. The molecular formula is C23H47NO3. The van der Waals surface area contributed by atoms with Crippen LogP contribution in [0, 0.1) is 0 Å². The molecule has 0 aromatic heterocycles. The Balaban J connectivity index is 3.43. The Morgan fingerprint density at radius 2 is 1.19 bits per heavy atom. The van der Waals surface area contributed by atoms with Crippen molar-refractivity contribution in [3.63, 3.8) is 0 Å². The Bertz CT molecular complexity index is 323. The van der Waals surface area contributed by atoms with Gasteiger partial charge in [-0.2, -0.15) is 0 Å². The molecule has 3 N–H and O–H groups in total. The van der Waals surface area contributed by atoms with Crippen LogP contribution in [0.5, 0.6) is 0 Å². The molecule has 162 valence electrons. The molecule has 0 heterocycles. The Kier molecular flexibility index (Phi) is 19.7. The molecule has 0 aliphatic carbocycles. The smallest absolute Gasteiger partial charge is 0.220 e. The third-order valence-corrected chi connectivity index (χ3v) is 5.34. The van der Waals surface area contributed by atoms with Crippen molar-refractivity contribution in [1.82, 2.24) is 5.32 Å². The zero-order valence-corrected chi connectivity index (χ0v) is 18.2. The van der Waals surface area contributed by atoms with Crippen LogP contribution < -0.4 is 5.32 Å². The third-order valence-electron chi connectivity index (χ3n) is 5.34. The highest BCUT2D eigenvalue weighted by molar-refractivity contribution is 5.76. The quantitative estimate of drug-likeness (QED) is 0.242. The van der Waals surface area contributed by atoms with Gasteiger partial charge in [-0.1, -0.05) is 104 Å². The van der Waals surface area contributed by atoms with Crippen LogP contribution in [0.1, 0.15) is 123 Å². The minimum atomic E-state index is -0.645. The molecule has 0 saturated heterocycles. The standard InChI is InChI=1S/C23H47NO3/c1-3-5-6-7-8-9-10-11-12-13-14-15-16-17-19-22(26)21(20-25)24-23(27)18-4-2/h21-22,25-26H,3-20H2,1-2H3,(H,24,27). The predicted molar refractivity (Wildman–Crippen MR) is 115 cm³/mol. The van der Waals surface area contributed by atoms with Crippen molar-refractivity contribution in [2.75, 3.05) is 6.61 Å². The van der Waals surface area contributed by atoms with E-state index in [0.29, 0.717) is 12.8 Å². The average molecular weight is 386 g/mol. The Morgan fingerprint density at radius 3 is 1.59 bits per heavy atom. The first-order valence-electron chi connectivity index (χ1n) is 11.7. The number of nitrogens with one attached hydrogen (secondary N) is 1. The lowest BCUT2D eigenvalue weighted by Crippen LogP contribution is -2.45. The maximum Gasteiger partial charge on any atom is 0.220 e. The van der Waals surface area contributed by atoms with E-state index in [2.05, 4.69) is 12.2 Å². The molecule has 4 nitrogen and oxygen atoms in total. The number of amides is 1. The molecule has 2 unspecified atom stereocenters. The fourth-order valence-electron chi connectivity index (χ4n) is 3.52. The van der Waals surface area contributed by atoms with E-state index in [1.165, 1.54) is 77.0 Å². The monoisotopic (exact) mass is 385 g/mol. The number of aliphatic hydroxyl groups excluding tert-OH is 2. The van der Waals surface area contributed by atoms with Crippen LogP contribution in [0.25, 0.3) is 0 Å². The predicted octanol–water partition coefficient (Wildman–Crippen LogP) is 5.50. The molecule has 27 heavy (non-hydrogen) atoms. The van der Waals surface area contributed by atoms with Crippen LogP contribution in [0.3, 0.4) is 0 Å². The van der Waals surface area contributed by atoms with Gasteiger partial charge in [0.15, 0.2) is 0 Å². The summed E-state index contributed by atoms with van der Waals surface area (Å²) in [7, 11) is 0. The average Bonchev–Trinajstić information content (AvgIpc) is 2.66. The maximum absolute atomic E-state index is 11.6. The minimum absolute atomic E-state index is 0.0865. The zero-order chi connectivity index (χ0) is 20.2. The lowest BCUT2D eigenvalue weighted by Gasteiger charge is -2.22. The van der Waals surface area contributed by atoms with E-state index in [4.69, 9.17) is 0 Å². The minimum Gasteiger partial charge on any atom is -0.394 e. The molecule has 0 aliphatic rings. The van der Waals surface area contributed by atoms with Crippen molar-refractivity contribution >= 4 is 5.91 Å². The van der Waals surface area contributed by atoms with E-state index in [9.17, 15) is 15.0 Å². The Hall–Kier alpha value is -0.610. The van der Waals surface area contributed by atoms with Gasteiger partial charge >= 0.3 is 0 Å². The largest absolute Gasteiger partial charge is 0.394 e. The molecule has 0 aliphatic heterocycles. The summed E-state index contributed by atoms with van der Waals surface area (Å²) < 4.78 is 0. The summed E-state index contributed by atoms with van der Waals surface area (Å²) in [4.78, 5) is 11.6. The number of rotatable bonds is 20. The van der Waals surface area contributed by atoms with Crippen LogP contribution >= 0.6 is 0 Å². The molecular weight excluding hydrogens is 338 g/mol. The van der Waals surface area contributed by atoms with E-state index >= 15 is 0 Å². The second kappa shape index (κ2) is 20.1. The molecule has 4 heteroatoms. The van der Waals surface area contributed by atoms with Gasteiger partial charge in [-0.25, -0.2) is 0 Å². The molecule has 0 saturated carbocycles. The van der Waals surface area contributed by atoms with Crippen molar-refractivity contribution in [2.45, 2.75) is 135 Å². The van der Waals surface area contributed by atoms with Gasteiger partial charge in [0, 0.05) is 6.42 Å². The van der Waals surface area contributed by atoms with Crippen molar-refractivity contribution in [1.29, 1.82) is 0 Å². The molecule has 0 spiro atoms. The van der Waals surface area contributed by atoms with Crippen molar-refractivity contribution in [3.8, 4) is 0 Å². The summed E-state index contributed by atoms with van der Waals surface area (Å²) in [5.41, 5.74) is 0. The highest BCUT2D eigenvalue weighted by Crippen LogP contribution is 2.14. The summed E-state index contributed by atoms with van der Waals surface area (Å²) in [6.07, 6.45) is 19.6. The molecule has 0 rings (SSSR count). The van der Waals surface area contributed by atoms with Crippen molar-refractivity contribution in [3.05, 3.63) is 0 Å². The van der Waals surface area contributed by atoms with Gasteiger partial charge < -0.3 is 15.5 Å². The van der Waals surface area contributed by atoms with Gasteiger partial charge in [0.2, 0.25) is 5.91 Å².